The van der Waals surface area contributed by atoms with Crippen LogP contribution in [0.5, 0.6) is 0 Å². The van der Waals surface area contributed by atoms with E-state index in [2.05, 4.69) is 0 Å². The maximum Gasteiger partial charge on any atom is 0.415 e. The van der Waals surface area contributed by atoms with Crippen molar-refractivity contribution in [2.45, 2.75) is 18.4 Å². The largest absolute Gasteiger partial charge is 0.415 e. The second-order valence-electron chi connectivity index (χ2n) is 3.24. The number of alkyl halides is 4. The molecule has 2 atom stereocenters. The van der Waals surface area contributed by atoms with Gasteiger partial charge in [0.1, 0.15) is 12.2 Å². The molecule has 0 aromatic carbocycles. The van der Waals surface area contributed by atoms with Crippen molar-refractivity contribution in [3.05, 3.63) is 23.3 Å². The van der Waals surface area contributed by atoms with E-state index < -0.39 is 29.7 Å². The van der Waals surface area contributed by atoms with E-state index >= 15 is 0 Å². The molecule has 0 spiro atoms. The zero-order chi connectivity index (χ0) is 11.2. The Bertz CT molecular complexity index is 370. The SMILES string of the molecule is O=C(CI)C1=C(C(F)(F)F)C2C=CC1O2. The molecule has 0 fully saturated rings. The van der Waals surface area contributed by atoms with Gasteiger partial charge in [-0.3, -0.25) is 4.79 Å². The van der Waals surface area contributed by atoms with Gasteiger partial charge in [-0.25, -0.2) is 0 Å². The van der Waals surface area contributed by atoms with Crippen molar-refractivity contribution in [1.82, 2.24) is 0 Å². The Kier molecular flexibility index (Phi) is 2.66. The van der Waals surface area contributed by atoms with Crippen LogP contribution in [-0.4, -0.2) is 28.6 Å². The first-order chi connectivity index (χ1) is 6.95. The molecular formula is C9H6F3IO2. The molecule has 2 bridgehead atoms. The fourth-order valence-electron chi connectivity index (χ4n) is 1.78. The molecule has 2 aliphatic heterocycles. The van der Waals surface area contributed by atoms with Crippen LogP contribution in [0.3, 0.4) is 0 Å². The molecule has 0 aromatic rings. The lowest BCUT2D eigenvalue weighted by atomic mass is 9.94. The minimum absolute atomic E-state index is 0.0348. The Hall–Kier alpha value is -0.370. The first-order valence-electron chi connectivity index (χ1n) is 4.19. The molecule has 0 radical (unpaired) electrons. The minimum atomic E-state index is -4.49. The summed E-state index contributed by atoms with van der Waals surface area (Å²) >= 11 is 1.75. The number of fused-ring (bicyclic) bond motifs is 2. The Balaban J connectivity index is 2.45. The molecule has 0 aliphatic carbocycles. The molecule has 15 heavy (non-hydrogen) atoms. The Labute approximate surface area is 97.3 Å². The topological polar surface area (TPSA) is 26.3 Å². The standard InChI is InChI=1S/C9H6F3IO2/c10-9(11,12)8-6-2-1-5(15-6)7(8)4(14)3-13/h1-2,5-6H,3H2. The van der Waals surface area contributed by atoms with Crippen molar-refractivity contribution in [1.29, 1.82) is 0 Å². The van der Waals surface area contributed by atoms with Crippen LogP contribution < -0.4 is 0 Å². The molecule has 2 unspecified atom stereocenters. The Morgan fingerprint density at radius 3 is 2.53 bits per heavy atom. The van der Waals surface area contributed by atoms with Crippen molar-refractivity contribution in [2.24, 2.45) is 0 Å². The van der Waals surface area contributed by atoms with E-state index in [0.29, 0.717) is 0 Å². The molecule has 2 nitrogen and oxygen atoms in total. The monoisotopic (exact) mass is 330 g/mol. The molecular weight excluding hydrogens is 324 g/mol. The van der Waals surface area contributed by atoms with Crippen LogP contribution in [0.1, 0.15) is 0 Å². The summed E-state index contributed by atoms with van der Waals surface area (Å²) in [5.74, 6) is -0.500. The van der Waals surface area contributed by atoms with Crippen molar-refractivity contribution in [3.8, 4) is 0 Å². The fourth-order valence-corrected chi connectivity index (χ4v) is 2.19. The van der Waals surface area contributed by atoms with Gasteiger partial charge in [0.25, 0.3) is 0 Å². The predicted molar refractivity (Wildman–Crippen MR) is 54.8 cm³/mol. The number of Topliss-reactive ketones (excluding diaryl/α,β-unsaturated/α-hetero) is 1. The highest BCUT2D eigenvalue weighted by atomic mass is 127. The van der Waals surface area contributed by atoms with E-state index in [1.54, 1.807) is 22.6 Å². The highest BCUT2D eigenvalue weighted by molar-refractivity contribution is 14.1. The Morgan fingerprint density at radius 2 is 2.00 bits per heavy atom. The number of rotatable bonds is 2. The van der Waals surface area contributed by atoms with Gasteiger partial charge in [0.15, 0.2) is 5.78 Å². The third kappa shape index (κ3) is 1.73. The maximum absolute atomic E-state index is 12.6. The number of hydrogen-bond acceptors (Lipinski definition) is 2. The van der Waals surface area contributed by atoms with Crippen molar-refractivity contribution >= 4 is 28.4 Å². The van der Waals surface area contributed by atoms with Gasteiger partial charge in [-0.05, 0) is 0 Å². The normalized spacial score (nSPS) is 29.1. The van der Waals surface area contributed by atoms with Crippen LogP contribution in [0.4, 0.5) is 13.2 Å². The quantitative estimate of drug-likeness (QED) is 0.441. The summed E-state index contributed by atoms with van der Waals surface area (Å²) < 4.78 is 43.0. The summed E-state index contributed by atoms with van der Waals surface area (Å²) in [7, 11) is 0. The van der Waals surface area contributed by atoms with Gasteiger partial charge in [0.05, 0.1) is 10.0 Å². The predicted octanol–water partition coefficient (Wildman–Crippen LogP) is 2.19. The van der Waals surface area contributed by atoms with Crippen LogP contribution >= 0.6 is 22.6 Å². The maximum atomic E-state index is 12.6. The molecule has 2 heterocycles. The van der Waals surface area contributed by atoms with Gasteiger partial charge in [-0.1, -0.05) is 34.7 Å². The van der Waals surface area contributed by atoms with Gasteiger partial charge in [-0.2, -0.15) is 13.2 Å². The van der Waals surface area contributed by atoms with Gasteiger partial charge < -0.3 is 4.74 Å². The lowest BCUT2D eigenvalue weighted by Crippen LogP contribution is -2.24. The third-order valence-electron chi connectivity index (χ3n) is 2.34. The zero-order valence-corrected chi connectivity index (χ0v) is 9.50. The molecule has 6 heteroatoms. The van der Waals surface area contributed by atoms with Crippen LogP contribution in [0.25, 0.3) is 0 Å². The second-order valence-corrected chi connectivity index (χ2v) is 4.01. The van der Waals surface area contributed by atoms with Gasteiger partial charge >= 0.3 is 6.18 Å². The third-order valence-corrected chi connectivity index (χ3v) is 3.03. The van der Waals surface area contributed by atoms with Gasteiger partial charge in [0.2, 0.25) is 0 Å². The molecule has 0 saturated carbocycles. The van der Waals surface area contributed by atoms with E-state index in [1.807, 2.05) is 0 Å². The van der Waals surface area contributed by atoms with Crippen LogP contribution in [0, 0.1) is 0 Å². The number of halogens is 4. The molecule has 0 N–H and O–H groups in total. The minimum Gasteiger partial charge on any atom is -0.357 e. The number of carbonyl (C=O) groups excluding carboxylic acids is 1. The van der Waals surface area contributed by atoms with Gasteiger partial charge in [-0.15, -0.1) is 0 Å². The number of ether oxygens (including phenoxy) is 1. The average Bonchev–Trinajstić information content (AvgIpc) is 2.73. The van der Waals surface area contributed by atoms with E-state index in [4.69, 9.17) is 4.74 Å². The number of hydrogen-bond donors (Lipinski definition) is 0. The van der Waals surface area contributed by atoms with Crippen molar-refractivity contribution in [2.75, 3.05) is 4.43 Å². The summed E-state index contributed by atoms with van der Waals surface area (Å²) in [6, 6.07) is 0. The lowest BCUT2D eigenvalue weighted by molar-refractivity contribution is -0.115. The molecule has 2 rings (SSSR count). The molecule has 0 amide bonds. The molecule has 0 aromatic heterocycles. The summed E-state index contributed by atoms with van der Waals surface area (Å²) in [6.45, 7) is 0. The average molecular weight is 330 g/mol. The van der Waals surface area contributed by atoms with E-state index in [-0.39, 0.29) is 10.0 Å². The number of ketones is 1. The fraction of sp³-hybridized carbons (Fsp3) is 0.444. The molecule has 0 saturated heterocycles. The molecule has 2 aliphatic rings. The summed E-state index contributed by atoms with van der Waals surface area (Å²) in [5.41, 5.74) is -1.04. The number of carbonyl (C=O) groups is 1. The zero-order valence-electron chi connectivity index (χ0n) is 7.34. The van der Waals surface area contributed by atoms with Crippen molar-refractivity contribution in [3.63, 3.8) is 0 Å². The van der Waals surface area contributed by atoms with E-state index in [9.17, 15) is 18.0 Å². The molecule has 82 valence electrons. The second kappa shape index (κ2) is 3.58. The Morgan fingerprint density at radius 1 is 1.40 bits per heavy atom. The lowest BCUT2D eigenvalue weighted by Gasteiger charge is -2.14. The van der Waals surface area contributed by atoms with Gasteiger partial charge in [0, 0.05) is 5.57 Å². The summed E-state index contributed by atoms with van der Waals surface area (Å²) in [4.78, 5) is 11.4. The first-order valence-corrected chi connectivity index (χ1v) is 5.72. The van der Waals surface area contributed by atoms with Crippen LogP contribution in [0.15, 0.2) is 23.3 Å². The van der Waals surface area contributed by atoms with Crippen LogP contribution in [0.2, 0.25) is 0 Å². The van der Waals surface area contributed by atoms with Crippen molar-refractivity contribution < 1.29 is 22.7 Å². The first kappa shape index (κ1) is 11.1. The summed E-state index contributed by atoms with van der Waals surface area (Å²) in [5, 5.41) is 0. The smallest absolute Gasteiger partial charge is 0.357 e. The van der Waals surface area contributed by atoms with E-state index in [0.717, 1.165) is 0 Å². The highest BCUT2D eigenvalue weighted by Crippen LogP contribution is 2.43. The van der Waals surface area contributed by atoms with Crippen LogP contribution in [-0.2, 0) is 9.53 Å². The highest BCUT2D eigenvalue weighted by Gasteiger charge is 2.50. The summed E-state index contributed by atoms with van der Waals surface area (Å²) in [6.07, 6.45) is -3.52. The van der Waals surface area contributed by atoms with E-state index in [1.165, 1.54) is 12.2 Å².